The van der Waals surface area contributed by atoms with Crippen molar-refractivity contribution in [3.05, 3.63) is 54.1 Å². The lowest BCUT2D eigenvalue weighted by Gasteiger charge is -2.18. The number of aromatic nitrogens is 2. The molecule has 23 heavy (non-hydrogen) atoms. The number of imidazole rings is 1. The minimum absolute atomic E-state index is 0.000661. The number of carbonyl (C=O) groups is 2. The standard InChI is InChI=1S/C18H21N3O2/c1-21-12-11-19-18(21)17(14-7-8-14)20-16(23)10-9-15(22)13-5-3-2-4-6-13/h2-6,11-12,14,17H,7-10H2,1H3,(H,20,23)/t17-/m1/s1. The van der Waals surface area contributed by atoms with Crippen LogP contribution in [0, 0.1) is 5.92 Å². The molecule has 1 heterocycles. The van der Waals surface area contributed by atoms with Gasteiger partial charge in [-0.15, -0.1) is 0 Å². The first kappa shape index (κ1) is 15.5. The van der Waals surface area contributed by atoms with Crippen molar-refractivity contribution in [2.45, 2.75) is 31.7 Å². The normalized spacial score (nSPS) is 15.2. The second kappa shape index (κ2) is 6.77. The van der Waals surface area contributed by atoms with Crippen molar-refractivity contribution in [1.29, 1.82) is 0 Å². The van der Waals surface area contributed by atoms with E-state index in [9.17, 15) is 9.59 Å². The monoisotopic (exact) mass is 311 g/mol. The van der Waals surface area contributed by atoms with E-state index in [0.29, 0.717) is 11.5 Å². The van der Waals surface area contributed by atoms with Gasteiger partial charge in [-0.1, -0.05) is 30.3 Å². The molecule has 5 nitrogen and oxygen atoms in total. The SMILES string of the molecule is Cn1ccnc1[C@H](NC(=O)CCC(=O)c1ccccc1)C1CC1. The molecule has 120 valence electrons. The summed E-state index contributed by atoms with van der Waals surface area (Å²) < 4.78 is 1.94. The Kier molecular flexibility index (Phi) is 4.55. The number of benzene rings is 1. The molecule has 1 aliphatic rings. The maximum absolute atomic E-state index is 12.2. The van der Waals surface area contributed by atoms with Crippen molar-refractivity contribution in [1.82, 2.24) is 14.9 Å². The quantitative estimate of drug-likeness (QED) is 0.800. The second-order valence-electron chi connectivity index (χ2n) is 6.07. The van der Waals surface area contributed by atoms with Crippen molar-refractivity contribution < 1.29 is 9.59 Å². The molecule has 1 atom stereocenters. The summed E-state index contributed by atoms with van der Waals surface area (Å²) in [6.07, 6.45) is 6.29. The van der Waals surface area contributed by atoms with E-state index in [1.165, 1.54) is 0 Å². The van der Waals surface area contributed by atoms with Crippen molar-refractivity contribution in [3.8, 4) is 0 Å². The minimum Gasteiger partial charge on any atom is -0.346 e. The minimum atomic E-state index is -0.0887. The van der Waals surface area contributed by atoms with Gasteiger partial charge in [0.1, 0.15) is 5.82 Å². The van der Waals surface area contributed by atoms with Gasteiger partial charge in [0, 0.05) is 37.8 Å². The predicted molar refractivity (Wildman–Crippen MR) is 86.8 cm³/mol. The number of nitrogens with one attached hydrogen (secondary N) is 1. The molecule has 1 amide bonds. The van der Waals surface area contributed by atoms with E-state index in [1.54, 1.807) is 18.3 Å². The summed E-state index contributed by atoms with van der Waals surface area (Å²) in [4.78, 5) is 28.6. The van der Waals surface area contributed by atoms with Crippen LogP contribution < -0.4 is 5.32 Å². The van der Waals surface area contributed by atoms with Crippen LogP contribution in [0.3, 0.4) is 0 Å². The Hall–Kier alpha value is -2.43. The fraction of sp³-hybridized carbons (Fsp3) is 0.389. The van der Waals surface area contributed by atoms with Crippen LogP contribution >= 0.6 is 0 Å². The summed E-state index contributed by atoms with van der Waals surface area (Å²) in [5, 5.41) is 3.05. The number of hydrogen-bond donors (Lipinski definition) is 1. The summed E-state index contributed by atoms with van der Waals surface area (Å²) >= 11 is 0. The summed E-state index contributed by atoms with van der Waals surface area (Å²) in [6, 6.07) is 9.04. The highest BCUT2D eigenvalue weighted by Crippen LogP contribution is 2.40. The summed E-state index contributed by atoms with van der Waals surface area (Å²) in [5.74, 6) is 1.26. The molecular formula is C18H21N3O2. The maximum Gasteiger partial charge on any atom is 0.221 e. The molecule has 1 fully saturated rings. The highest BCUT2D eigenvalue weighted by molar-refractivity contribution is 5.97. The number of Topliss-reactive ketones (excluding diaryl/α,β-unsaturated/α-hetero) is 1. The predicted octanol–water partition coefficient (Wildman–Crippen LogP) is 2.65. The molecule has 0 spiro atoms. The Morgan fingerprint density at radius 3 is 2.61 bits per heavy atom. The number of amides is 1. The van der Waals surface area contributed by atoms with Crippen LogP contribution in [0.2, 0.25) is 0 Å². The van der Waals surface area contributed by atoms with Crippen molar-refractivity contribution in [2.24, 2.45) is 13.0 Å². The third-order valence-electron chi connectivity index (χ3n) is 4.22. The van der Waals surface area contributed by atoms with Crippen LogP contribution in [0.4, 0.5) is 0 Å². The van der Waals surface area contributed by atoms with Crippen molar-refractivity contribution in [2.75, 3.05) is 0 Å². The molecule has 1 N–H and O–H groups in total. The average molecular weight is 311 g/mol. The molecule has 5 heteroatoms. The first-order chi connectivity index (χ1) is 11.1. The second-order valence-corrected chi connectivity index (χ2v) is 6.07. The van der Waals surface area contributed by atoms with Gasteiger partial charge in [0.25, 0.3) is 0 Å². The summed E-state index contributed by atoms with van der Waals surface area (Å²) in [7, 11) is 1.93. The lowest BCUT2D eigenvalue weighted by atomic mass is 10.1. The van der Waals surface area contributed by atoms with Gasteiger partial charge < -0.3 is 9.88 Å². The lowest BCUT2D eigenvalue weighted by molar-refractivity contribution is -0.122. The van der Waals surface area contributed by atoms with Gasteiger partial charge in [0.05, 0.1) is 6.04 Å². The zero-order chi connectivity index (χ0) is 16.2. The molecular weight excluding hydrogens is 290 g/mol. The van der Waals surface area contributed by atoms with E-state index in [4.69, 9.17) is 0 Å². The Labute approximate surface area is 135 Å². The fourth-order valence-corrected chi connectivity index (χ4v) is 2.74. The van der Waals surface area contributed by atoms with Gasteiger partial charge in [0.2, 0.25) is 5.91 Å². The number of aryl methyl sites for hydroxylation is 1. The first-order valence-electron chi connectivity index (χ1n) is 8.00. The number of hydrogen-bond acceptors (Lipinski definition) is 3. The van der Waals surface area contributed by atoms with Crippen LogP contribution in [0.1, 0.15) is 47.9 Å². The first-order valence-corrected chi connectivity index (χ1v) is 8.00. The van der Waals surface area contributed by atoms with Gasteiger partial charge in [-0.05, 0) is 18.8 Å². The van der Waals surface area contributed by atoms with Gasteiger partial charge in [-0.25, -0.2) is 4.98 Å². The molecule has 1 aromatic carbocycles. The molecule has 1 saturated carbocycles. The highest BCUT2D eigenvalue weighted by Gasteiger charge is 2.35. The Bertz CT molecular complexity index is 689. The average Bonchev–Trinajstić information content (AvgIpc) is 3.33. The third-order valence-corrected chi connectivity index (χ3v) is 4.22. The molecule has 0 saturated heterocycles. The molecule has 0 bridgehead atoms. The largest absolute Gasteiger partial charge is 0.346 e. The molecule has 1 aromatic heterocycles. The Balaban J connectivity index is 1.56. The molecule has 3 rings (SSSR count). The Morgan fingerprint density at radius 2 is 2.00 bits per heavy atom. The van der Waals surface area contributed by atoms with Crippen LogP contribution in [-0.4, -0.2) is 21.2 Å². The maximum atomic E-state index is 12.2. The van der Waals surface area contributed by atoms with E-state index in [0.717, 1.165) is 18.7 Å². The van der Waals surface area contributed by atoms with Crippen molar-refractivity contribution in [3.63, 3.8) is 0 Å². The van der Waals surface area contributed by atoms with E-state index in [-0.39, 0.29) is 30.6 Å². The number of carbonyl (C=O) groups excluding carboxylic acids is 2. The molecule has 2 aromatic rings. The molecule has 0 unspecified atom stereocenters. The van der Waals surface area contributed by atoms with E-state index in [2.05, 4.69) is 10.3 Å². The smallest absolute Gasteiger partial charge is 0.221 e. The number of nitrogens with zero attached hydrogens (tertiary/aromatic N) is 2. The number of rotatable bonds is 7. The van der Waals surface area contributed by atoms with E-state index in [1.807, 2.05) is 36.0 Å². The van der Waals surface area contributed by atoms with Crippen molar-refractivity contribution >= 4 is 11.7 Å². The molecule has 0 aliphatic heterocycles. The topological polar surface area (TPSA) is 64.0 Å². The summed E-state index contributed by atoms with van der Waals surface area (Å²) in [5.41, 5.74) is 0.656. The van der Waals surface area contributed by atoms with Gasteiger partial charge >= 0.3 is 0 Å². The zero-order valence-corrected chi connectivity index (χ0v) is 13.2. The van der Waals surface area contributed by atoms with Crippen LogP contribution in [0.5, 0.6) is 0 Å². The van der Waals surface area contributed by atoms with E-state index >= 15 is 0 Å². The van der Waals surface area contributed by atoms with Crippen LogP contribution in [0.25, 0.3) is 0 Å². The summed E-state index contributed by atoms with van der Waals surface area (Å²) in [6.45, 7) is 0. The van der Waals surface area contributed by atoms with Gasteiger partial charge in [-0.3, -0.25) is 9.59 Å². The zero-order valence-electron chi connectivity index (χ0n) is 13.2. The van der Waals surface area contributed by atoms with Gasteiger partial charge in [-0.2, -0.15) is 0 Å². The molecule has 0 radical (unpaired) electrons. The third kappa shape index (κ3) is 3.86. The van der Waals surface area contributed by atoms with Crippen LogP contribution in [-0.2, 0) is 11.8 Å². The molecule has 1 aliphatic carbocycles. The van der Waals surface area contributed by atoms with E-state index < -0.39 is 0 Å². The Morgan fingerprint density at radius 1 is 1.26 bits per heavy atom. The number of ketones is 1. The van der Waals surface area contributed by atoms with Gasteiger partial charge in [0.15, 0.2) is 5.78 Å². The van der Waals surface area contributed by atoms with Crippen LogP contribution in [0.15, 0.2) is 42.7 Å². The fourth-order valence-electron chi connectivity index (χ4n) is 2.74. The lowest BCUT2D eigenvalue weighted by Crippen LogP contribution is -2.31. The highest BCUT2D eigenvalue weighted by atomic mass is 16.2.